The van der Waals surface area contributed by atoms with Crippen molar-refractivity contribution < 1.29 is 9.72 Å². The predicted molar refractivity (Wildman–Crippen MR) is 157 cm³/mol. The molecule has 0 N–H and O–H groups in total. The van der Waals surface area contributed by atoms with Gasteiger partial charge in [-0.2, -0.15) is 0 Å². The predicted octanol–water partition coefficient (Wildman–Crippen LogP) is 4.95. The number of hydrogen-bond donors (Lipinski definition) is 0. The molecule has 1 fully saturated rings. The van der Waals surface area contributed by atoms with Crippen molar-refractivity contribution >= 4 is 40.4 Å². The Bertz CT molecular complexity index is 1650. The number of hydrogen-bond acceptors (Lipinski definition) is 10. The normalized spacial score (nSPS) is 13.4. The van der Waals surface area contributed by atoms with Crippen LogP contribution in [0.25, 0.3) is 17.1 Å². The average Bonchev–Trinajstić information content (AvgIpc) is 3.68. The Morgan fingerprint density at radius 3 is 2.37 bits per heavy atom. The lowest BCUT2D eigenvalue weighted by atomic mass is 10.2. The Hall–Kier alpha value is -4.62. The van der Waals surface area contributed by atoms with E-state index in [2.05, 4.69) is 25.1 Å². The number of piperazine rings is 1. The molecular formula is C28H24N8O3S2. The fraction of sp³-hybridized carbons (Fsp3) is 0.179. The summed E-state index contributed by atoms with van der Waals surface area (Å²) in [6.45, 7) is 2.39. The summed E-state index contributed by atoms with van der Waals surface area (Å²) < 4.78 is 2.02. The standard InChI is InChI=1S/C28H24N8O3S2/c37-27(34-16-14-33(15-17-34)21-6-8-23(9-7-21)36(38)39)24-18-40-25(30-24)19-41-28-32-31-26(20-10-12-29-13-11-20)35(28)22-4-2-1-3-5-22/h1-13,18H,14-17,19H2. The Labute approximate surface area is 243 Å². The number of carbonyl (C=O) groups is 1. The molecule has 6 rings (SSSR count). The molecule has 0 atom stereocenters. The van der Waals surface area contributed by atoms with E-state index in [1.165, 1.54) is 35.2 Å². The maximum Gasteiger partial charge on any atom is 0.273 e. The number of nitrogens with zero attached hydrogens (tertiary/aromatic N) is 8. The van der Waals surface area contributed by atoms with Gasteiger partial charge in [0.1, 0.15) is 10.7 Å². The number of carbonyl (C=O) groups excluding carboxylic acids is 1. The molecule has 0 unspecified atom stereocenters. The molecule has 1 saturated heterocycles. The van der Waals surface area contributed by atoms with Gasteiger partial charge in [-0.1, -0.05) is 30.0 Å². The van der Waals surface area contributed by atoms with Crippen molar-refractivity contribution in [3.63, 3.8) is 0 Å². The molecule has 41 heavy (non-hydrogen) atoms. The maximum absolute atomic E-state index is 13.2. The van der Waals surface area contributed by atoms with E-state index in [4.69, 9.17) is 0 Å². The van der Waals surface area contributed by atoms with Crippen LogP contribution in [0.15, 0.2) is 89.7 Å². The summed E-state index contributed by atoms with van der Waals surface area (Å²) in [7, 11) is 0. The van der Waals surface area contributed by atoms with Gasteiger partial charge in [-0.15, -0.1) is 21.5 Å². The van der Waals surface area contributed by atoms with Crippen molar-refractivity contribution in [3.05, 3.63) is 105 Å². The Balaban J connectivity index is 1.10. The number of nitro groups is 1. The monoisotopic (exact) mass is 584 g/mol. The van der Waals surface area contributed by atoms with Crippen molar-refractivity contribution in [2.75, 3.05) is 31.1 Å². The Kier molecular flexibility index (Phi) is 7.69. The number of pyridine rings is 1. The molecule has 5 aromatic rings. The molecule has 0 saturated carbocycles. The smallest absolute Gasteiger partial charge is 0.273 e. The second-order valence-corrected chi connectivity index (χ2v) is 11.1. The van der Waals surface area contributed by atoms with Gasteiger partial charge in [-0.05, 0) is 36.4 Å². The molecule has 2 aromatic carbocycles. The van der Waals surface area contributed by atoms with E-state index in [1.54, 1.807) is 29.4 Å². The number of benzene rings is 2. The van der Waals surface area contributed by atoms with Gasteiger partial charge < -0.3 is 9.80 Å². The lowest BCUT2D eigenvalue weighted by molar-refractivity contribution is -0.384. The first-order valence-electron chi connectivity index (χ1n) is 12.8. The third kappa shape index (κ3) is 5.81. The summed E-state index contributed by atoms with van der Waals surface area (Å²) in [5.74, 6) is 1.19. The van der Waals surface area contributed by atoms with Gasteiger partial charge in [0.25, 0.3) is 11.6 Å². The minimum atomic E-state index is -0.408. The highest BCUT2D eigenvalue weighted by Crippen LogP contribution is 2.30. The van der Waals surface area contributed by atoms with Crippen molar-refractivity contribution in [1.29, 1.82) is 0 Å². The maximum atomic E-state index is 13.2. The molecule has 1 aliphatic rings. The van der Waals surface area contributed by atoms with E-state index >= 15 is 0 Å². The van der Waals surface area contributed by atoms with Gasteiger partial charge >= 0.3 is 0 Å². The summed E-state index contributed by atoms with van der Waals surface area (Å²) >= 11 is 2.98. The zero-order valence-corrected chi connectivity index (χ0v) is 23.4. The largest absolute Gasteiger partial charge is 0.368 e. The topological polar surface area (TPSA) is 123 Å². The molecule has 3 aromatic heterocycles. The number of para-hydroxylation sites is 1. The van der Waals surface area contributed by atoms with Gasteiger partial charge in [-0.3, -0.25) is 24.5 Å². The van der Waals surface area contributed by atoms with Crippen LogP contribution < -0.4 is 4.90 Å². The molecular weight excluding hydrogens is 560 g/mol. The summed E-state index contributed by atoms with van der Waals surface area (Å²) in [4.78, 5) is 36.4. The van der Waals surface area contributed by atoms with Crippen LogP contribution in [0.3, 0.4) is 0 Å². The fourth-order valence-corrected chi connectivity index (χ4v) is 6.32. The summed E-state index contributed by atoms with van der Waals surface area (Å²) in [5, 5.41) is 23.2. The molecule has 1 amide bonds. The van der Waals surface area contributed by atoms with Gasteiger partial charge in [0, 0.05) is 73.0 Å². The highest BCUT2D eigenvalue weighted by molar-refractivity contribution is 7.98. The van der Waals surface area contributed by atoms with E-state index in [0.29, 0.717) is 37.6 Å². The molecule has 0 spiro atoms. The number of rotatable bonds is 8. The van der Waals surface area contributed by atoms with Crippen LogP contribution >= 0.6 is 23.1 Å². The molecule has 0 bridgehead atoms. The molecule has 206 valence electrons. The van der Waals surface area contributed by atoms with Crippen molar-refractivity contribution in [2.24, 2.45) is 0 Å². The average molecular weight is 585 g/mol. The summed E-state index contributed by atoms with van der Waals surface area (Å²) in [6, 6.07) is 20.3. The molecule has 0 radical (unpaired) electrons. The van der Waals surface area contributed by atoms with E-state index in [9.17, 15) is 14.9 Å². The van der Waals surface area contributed by atoms with E-state index in [-0.39, 0.29) is 11.6 Å². The molecule has 1 aliphatic heterocycles. The third-order valence-corrected chi connectivity index (χ3v) is 8.65. The van der Waals surface area contributed by atoms with Crippen LogP contribution in [0.5, 0.6) is 0 Å². The molecule has 13 heteroatoms. The molecule has 4 heterocycles. The number of thiazole rings is 1. The van der Waals surface area contributed by atoms with Crippen molar-refractivity contribution in [2.45, 2.75) is 10.9 Å². The fourth-order valence-electron chi connectivity index (χ4n) is 4.58. The first-order chi connectivity index (χ1) is 20.1. The lowest BCUT2D eigenvalue weighted by Gasteiger charge is -2.35. The first kappa shape index (κ1) is 26.6. The van der Waals surface area contributed by atoms with Gasteiger partial charge in [0.15, 0.2) is 11.0 Å². The summed E-state index contributed by atoms with van der Waals surface area (Å²) in [5.41, 5.74) is 3.28. The number of non-ortho nitro benzene ring substituents is 1. The van der Waals surface area contributed by atoms with Crippen LogP contribution in [-0.4, -0.2) is 66.6 Å². The van der Waals surface area contributed by atoms with Crippen LogP contribution in [0.1, 0.15) is 15.5 Å². The highest BCUT2D eigenvalue weighted by Gasteiger charge is 2.25. The van der Waals surface area contributed by atoms with Crippen LogP contribution in [-0.2, 0) is 5.75 Å². The van der Waals surface area contributed by atoms with Gasteiger partial charge in [-0.25, -0.2) is 4.98 Å². The number of nitro benzene ring substituents is 1. The van der Waals surface area contributed by atoms with Crippen LogP contribution in [0.4, 0.5) is 11.4 Å². The van der Waals surface area contributed by atoms with Crippen LogP contribution in [0.2, 0.25) is 0 Å². The number of anilines is 1. The van der Waals surface area contributed by atoms with E-state index < -0.39 is 4.92 Å². The number of amides is 1. The lowest BCUT2D eigenvalue weighted by Crippen LogP contribution is -2.48. The SMILES string of the molecule is O=C(c1csc(CSc2nnc(-c3ccncc3)n2-c2ccccc2)n1)N1CCN(c2ccc([N+](=O)[O-])cc2)CC1. The minimum Gasteiger partial charge on any atom is -0.368 e. The first-order valence-corrected chi connectivity index (χ1v) is 14.7. The Morgan fingerprint density at radius 2 is 1.66 bits per heavy atom. The molecule has 0 aliphatic carbocycles. The zero-order chi connectivity index (χ0) is 28.2. The highest BCUT2D eigenvalue weighted by atomic mass is 32.2. The molecule has 11 nitrogen and oxygen atoms in total. The van der Waals surface area contributed by atoms with Gasteiger partial charge in [0.2, 0.25) is 0 Å². The number of aromatic nitrogens is 5. The van der Waals surface area contributed by atoms with E-state index in [0.717, 1.165) is 32.9 Å². The minimum absolute atomic E-state index is 0.0644. The second kappa shape index (κ2) is 11.9. The Morgan fingerprint density at radius 1 is 0.927 bits per heavy atom. The number of thioether (sulfide) groups is 1. The van der Waals surface area contributed by atoms with Crippen molar-refractivity contribution in [1.82, 2.24) is 29.6 Å². The van der Waals surface area contributed by atoms with Crippen LogP contribution in [0, 0.1) is 10.1 Å². The summed E-state index contributed by atoms with van der Waals surface area (Å²) in [6.07, 6.45) is 3.46. The zero-order valence-electron chi connectivity index (χ0n) is 21.7. The van der Waals surface area contributed by atoms with Gasteiger partial charge in [0.05, 0.1) is 10.7 Å². The second-order valence-electron chi connectivity index (χ2n) is 9.18. The van der Waals surface area contributed by atoms with E-state index in [1.807, 2.05) is 52.4 Å². The quantitative estimate of drug-likeness (QED) is 0.142. The third-order valence-electron chi connectivity index (χ3n) is 6.67. The van der Waals surface area contributed by atoms with Crippen molar-refractivity contribution in [3.8, 4) is 17.1 Å².